The fourth-order valence-electron chi connectivity index (χ4n) is 1.63. The van der Waals surface area contributed by atoms with Crippen molar-refractivity contribution in [3.8, 4) is 5.75 Å². The van der Waals surface area contributed by atoms with Gasteiger partial charge in [-0.2, -0.15) is 0 Å². The monoisotopic (exact) mass is 236 g/mol. The number of carboxylic acid groups (broad SMARTS) is 1. The molecule has 0 aliphatic carbocycles. The van der Waals surface area contributed by atoms with Crippen molar-refractivity contribution >= 4 is 5.97 Å². The SMILES string of the molecule is CCC(C)c1ccc(O[C@H](C)CC(=O)O)cc1. The van der Waals surface area contributed by atoms with Gasteiger partial charge in [0.1, 0.15) is 11.9 Å². The maximum Gasteiger partial charge on any atom is 0.307 e. The van der Waals surface area contributed by atoms with Gasteiger partial charge < -0.3 is 9.84 Å². The van der Waals surface area contributed by atoms with Gasteiger partial charge in [-0.25, -0.2) is 0 Å². The summed E-state index contributed by atoms with van der Waals surface area (Å²) in [4.78, 5) is 10.5. The second-order valence-electron chi connectivity index (χ2n) is 4.40. The molecular formula is C14H20O3. The van der Waals surface area contributed by atoms with Crippen LogP contribution in [0, 0.1) is 0 Å². The van der Waals surface area contributed by atoms with Crippen LogP contribution in [0.2, 0.25) is 0 Å². The summed E-state index contributed by atoms with van der Waals surface area (Å²) >= 11 is 0. The van der Waals surface area contributed by atoms with E-state index in [1.807, 2.05) is 24.3 Å². The zero-order valence-electron chi connectivity index (χ0n) is 10.6. The number of carbonyl (C=O) groups is 1. The maximum atomic E-state index is 10.5. The lowest BCUT2D eigenvalue weighted by Gasteiger charge is -2.14. The Morgan fingerprint density at radius 1 is 1.29 bits per heavy atom. The van der Waals surface area contributed by atoms with Crippen LogP contribution in [-0.4, -0.2) is 17.2 Å². The topological polar surface area (TPSA) is 46.5 Å². The summed E-state index contributed by atoms with van der Waals surface area (Å²) in [6.07, 6.45) is 0.824. The van der Waals surface area contributed by atoms with Crippen LogP contribution in [0.5, 0.6) is 5.75 Å². The molecule has 0 aliphatic rings. The molecule has 0 saturated carbocycles. The lowest BCUT2D eigenvalue weighted by molar-refractivity contribution is -0.138. The van der Waals surface area contributed by atoms with Crippen molar-refractivity contribution in [1.82, 2.24) is 0 Å². The second-order valence-corrected chi connectivity index (χ2v) is 4.40. The minimum absolute atomic E-state index is 0.0209. The number of benzene rings is 1. The van der Waals surface area contributed by atoms with E-state index in [9.17, 15) is 4.79 Å². The van der Waals surface area contributed by atoms with Gasteiger partial charge in [-0.3, -0.25) is 4.79 Å². The Kier molecular flexibility index (Phi) is 5.01. The number of aliphatic carboxylic acids is 1. The first kappa shape index (κ1) is 13.6. The molecule has 2 atom stereocenters. The van der Waals surface area contributed by atoms with E-state index >= 15 is 0 Å². The Bertz CT molecular complexity index is 356. The van der Waals surface area contributed by atoms with E-state index in [0.717, 1.165) is 12.2 Å². The summed E-state index contributed by atoms with van der Waals surface area (Å²) in [5.41, 5.74) is 1.28. The lowest BCUT2D eigenvalue weighted by atomic mass is 9.99. The molecule has 0 saturated heterocycles. The third-order valence-corrected chi connectivity index (χ3v) is 2.86. The van der Waals surface area contributed by atoms with Crippen LogP contribution in [-0.2, 0) is 4.79 Å². The number of hydrogen-bond donors (Lipinski definition) is 1. The van der Waals surface area contributed by atoms with Crippen molar-refractivity contribution < 1.29 is 14.6 Å². The van der Waals surface area contributed by atoms with Gasteiger partial charge >= 0.3 is 5.97 Å². The summed E-state index contributed by atoms with van der Waals surface area (Å²) in [6, 6.07) is 7.88. The Balaban J connectivity index is 2.59. The van der Waals surface area contributed by atoms with Crippen LogP contribution >= 0.6 is 0 Å². The molecule has 0 radical (unpaired) electrons. The molecule has 1 unspecified atom stereocenters. The van der Waals surface area contributed by atoms with Gasteiger partial charge in [-0.1, -0.05) is 26.0 Å². The number of rotatable bonds is 6. The van der Waals surface area contributed by atoms with Gasteiger partial charge in [0, 0.05) is 0 Å². The summed E-state index contributed by atoms with van der Waals surface area (Å²) in [5.74, 6) is 0.431. The van der Waals surface area contributed by atoms with Crippen LogP contribution in [0.15, 0.2) is 24.3 Å². The van der Waals surface area contributed by atoms with Crippen LogP contribution < -0.4 is 4.74 Å². The van der Waals surface area contributed by atoms with E-state index in [4.69, 9.17) is 9.84 Å². The smallest absolute Gasteiger partial charge is 0.307 e. The molecule has 0 aromatic heterocycles. The van der Waals surface area contributed by atoms with E-state index in [1.54, 1.807) is 6.92 Å². The van der Waals surface area contributed by atoms with Crippen molar-refractivity contribution in [2.24, 2.45) is 0 Å². The molecule has 0 amide bonds. The largest absolute Gasteiger partial charge is 0.490 e. The molecule has 0 heterocycles. The molecular weight excluding hydrogens is 216 g/mol. The van der Waals surface area contributed by atoms with Crippen LogP contribution in [0.3, 0.4) is 0 Å². The highest BCUT2D eigenvalue weighted by atomic mass is 16.5. The molecule has 17 heavy (non-hydrogen) atoms. The second kappa shape index (κ2) is 6.28. The van der Waals surface area contributed by atoms with Crippen molar-refractivity contribution in [1.29, 1.82) is 0 Å². The summed E-state index contributed by atoms with van der Waals surface area (Å²) < 4.78 is 5.51. The van der Waals surface area contributed by atoms with E-state index in [2.05, 4.69) is 13.8 Å². The third-order valence-electron chi connectivity index (χ3n) is 2.86. The quantitative estimate of drug-likeness (QED) is 0.823. The molecule has 0 fully saturated rings. The molecule has 1 rings (SSSR count). The van der Waals surface area contributed by atoms with Crippen LogP contribution in [0.1, 0.15) is 45.1 Å². The molecule has 94 valence electrons. The van der Waals surface area contributed by atoms with Crippen molar-refractivity contribution in [3.05, 3.63) is 29.8 Å². The normalized spacial score (nSPS) is 14.1. The summed E-state index contributed by atoms with van der Waals surface area (Å²) in [6.45, 7) is 6.10. The van der Waals surface area contributed by atoms with Gasteiger partial charge in [-0.05, 0) is 37.0 Å². The zero-order valence-corrected chi connectivity index (χ0v) is 10.6. The van der Waals surface area contributed by atoms with Crippen molar-refractivity contribution in [2.45, 2.75) is 45.6 Å². The predicted molar refractivity (Wildman–Crippen MR) is 67.5 cm³/mol. The minimum Gasteiger partial charge on any atom is -0.490 e. The molecule has 1 N–H and O–H groups in total. The van der Waals surface area contributed by atoms with Gasteiger partial charge in [0.05, 0.1) is 6.42 Å². The molecule has 1 aromatic carbocycles. The van der Waals surface area contributed by atoms with Crippen LogP contribution in [0.25, 0.3) is 0 Å². The van der Waals surface area contributed by atoms with E-state index in [0.29, 0.717) is 5.92 Å². The van der Waals surface area contributed by atoms with Gasteiger partial charge in [0.25, 0.3) is 0 Å². The lowest BCUT2D eigenvalue weighted by Crippen LogP contribution is -2.16. The average molecular weight is 236 g/mol. The summed E-state index contributed by atoms with van der Waals surface area (Å²) in [7, 11) is 0. The maximum absolute atomic E-state index is 10.5. The Morgan fingerprint density at radius 3 is 2.35 bits per heavy atom. The highest BCUT2D eigenvalue weighted by molar-refractivity contribution is 5.67. The van der Waals surface area contributed by atoms with Gasteiger partial charge in [-0.15, -0.1) is 0 Å². The number of carboxylic acids is 1. The Morgan fingerprint density at radius 2 is 1.88 bits per heavy atom. The van der Waals surface area contributed by atoms with Gasteiger partial charge in [0.2, 0.25) is 0 Å². The van der Waals surface area contributed by atoms with Gasteiger partial charge in [0.15, 0.2) is 0 Å². The minimum atomic E-state index is -0.839. The average Bonchev–Trinajstić information content (AvgIpc) is 2.28. The summed E-state index contributed by atoms with van der Waals surface area (Å²) in [5, 5.41) is 8.63. The number of hydrogen-bond acceptors (Lipinski definition) is 2. The van der Waals surface area contributed by atoms with E-state index in [-0.39, 0.29) is 12.5 Å². The standard InChI is InChI=1S/C14H20O3/c1-4-10(2)12-5-7-13(8-6-12)17-11(3)9-14(15)16/h5-8,10-11H,4,9H2,1-3H3,(H,15,16)/t10?,11-/m1/s1. The molecule has 1 aromatic rings. The zero-order chi connectivity index (χ0) is 12.8. The highest BCUT2D eigenvalue weighted by Gasteiger charge is 2.09. The predicted octanol–water partition coefficient (Wildman–Crippen LogP) is 3.44. The fraction of sp³-hybridized carbons (Fsp3) is 0.500. The van der Waals surface area contributed by atoms with E-state index < -0.39 is 5.97 Å². The van der Waals surface area contributed by atoms with Crippen LogP contribution in [0.4, 0.5) is 0 Å². The Hall–Kier alpha value is -1.51. The first-order valence-corrected chi connectivity index (χ1v) is 6.01. The Labute approximate surface area is 102 Å². The van der Waals surface area contributed by atoms with E-state index in [1.165, 1.54) is 5.56 Å². The molecule has 3 nitrogen and oxygen atoms in total. The molecule has 3 heteroatoms. The van der Waals surface area contributed by atoms with Crippen molar-refractivity contribution in [2.75, 3.05) is 0 Å². The molecule has 0 bridgehead atoms. The first-order chi connectivity index (χ1) is 8.02. The number of ether oxygens (including phenoxy) is 1. The molecule has 0 spiro atoms. The third kappa shape index (κ3) is 4.47. The highest BCUT2D eigenvalue weighted by Crippen LogP contribution is 2.22. The van der Waals surface area contributed by atoms with Crippen molar-refractivity contribution in [3.63, 3.8) is 0 Å². The fourth-order valence-corrected chi connectivity index (χ4v) is 1.63. The first-order valence-electron chi connectivity index (χ1n) is 6.01. The molecule has 0 aliphatic heterocycles.